The molecule has 0 aliphatic carbocycles. The summed E-state index contributed by atoms with van der Waals surface area (Å²) in [6.07, 6.45) is 42.3. The summed E-state index contributed by atoms with van der Waals surface area (Å²) in [5.74, 6) is -0.913. The molecule has 0 bridgehead atoms. The lowest BCUT2D eigenvalue weighted by Crippen LogP contribution is -2.52. The zero-order valence-corrected chi connectivity index (χ0v) is 48.8. The van der Waals surface area contributed by atoms with Crippen LogP contribution < -0.4 is 27.8 Å². The maximum absolute atomic E-state index is 13.3. The molecule has 1 heterocycles. The smallest absolute Gasteiger partial charge is 0.306 e. The van der Waals surface area contributed by atoms with Crippen molar-refractivity contribution in [2.75, 3.05) is 39.3 Å². The van der Waals surface area contributed by atoms with Gasteiger partial charge in [-0.15, -0.1) is 0 Å². The van der Waals surface area contributed by atoms with E-state index in [2.05, 4.69) is 51.3 Å². The van der Waals surface area contributed by atoms with Crippen LogP contribution in [0.1, 0.15) is 270 Å². The predicted molar refractivity (Wildman–Crippen MR) is 312 cm³/mol. The van der Waals surface area contributed by atoms with Crippen molar-refractivity contribution in [2.45, 2.75) is 295 Å². The van der Waals surface area contributed by atoms with Crippen LogP contribution in [0.5, 0.6) is 0 Å². The van der Waals surface area contributed by atoms with E-state index in [1.54, 1.807) is 6.20 Å². The highest BCUT2D eigenvalue weighted by molar-refractivity contribution is 5.89. The summed E-state index contributed by atoms with van der Waals surface area (Å²) in [5.41, 5.74) is 17.6. The lowest BCUT2D eigenvalue weighted by molar-refractivity contribution is -0.150. The highest BCUT2D eigenvalue weighted by Crippen LogP contribution is 2.19. The maximum Gasteiger partial charge on any atom is 0.306 e. The second-order valence-electron chi connectivity index (χ2n) is 21.7. The second kappa shape index (κ2) is 50.7. The van der Waals surface area contributed by atoms with Gasteiger partial charge in [-0.25, -0.2) is 4.98 Å². The van der Waals surface area contributed by atoms with E-state index in [0.29, 0.717) is 70.5 Å². The highest BCUT2D eigenvalue weighted by atomic mass is 16.5. The molecule has 1 aromatic heterocycles. The molecule has 16 heteroatoms. The summed E-state index contributed by atoms with van der Waals surface area (Å²) in [5, 5.41) is 17.0. The van der Waals surface area contributed by atoms with E-state index in [0.717, 1.165) is 109 Å². The van der Waals surface area contributed by atoms with Gasteiger partial charge in [0.15, 0.2) is 5.96 Å². The number of H-pyrrole nitrogens is 1. The number of carbonyl (C=O) groups excluding carboxylic acids is 4. The summed E-state index contributed by atoms with van der Waals surface area (Å²) in [6.45, 7) is 10.3. The first kappa shape index (κ1) is 70.3. The number of guanidine groups is 1. The van der Waals surface area contributed by atoms with Crippen molar-refractivity contribution in [2.24, 2.45) is 22.2 Å². The number of rotatable bonds is 55. The molecular weight excluding hydrogens is 959 g/mol. The Morgan fingerprint density at radius 1 is 0.632 bits per heavy atom. The third-order valence-corrected chi connectivity index (χ3v) is 14.4. The molecule has 442 valence electrons. The van der Waals surface area contributed by atoms with Crippen molar-refractivity contribution in [3.63, 3.8) is 0 Å². The normalized spacial score (nSPS) is 12.7. The number of aliphatic hydroxyl groups is 1. The van der Waals surface area contributed by atoms with Gasteiger partial charge < -0.3 is 52.3 Å². The van der Waals surface area contributed by atoms with Gasteiger partial charge in [-0.1, -0.05) is 162 Å². The number of aromatic amines is 1. The number of amides is 2. The Morgan fingerprint density at radius 3 is 1.71 bits per heavy atom. The van der Waals surface area contributed by atoms with Crippen LogP contribution in [0.3, 0.4) is 0 Å². The van der Waals surface area contributed by atoms with Crippen LogP contribution in [-0.4, -0.2) is 113 Å². The Bertz CT molecular complexity index is 1530. The molecule has 0 radical (unpaired) electrons. The van der Waals surface area contributed by atoms with Gasteiger partial charge in [0.1, 0.15) is 12.1 Å². The van der Waals surface area contributed by atoms with Gasteiger partial charge in [-0.05, 0) is 103 Å². The van der Waals surface area contributed by atoms with Crippen LogP contribution in [0.25, 0.3) is 0 Å². The second-order valence-corrected chi connectivity index (χ2v) is 21.7. The minimum Gasteiger partial charge on any atom is -0.466 e. The summed E-state index contributed by atoms with van der Waals surface area (Å²) in [7, 11) is 0. The number of ether oxygens (including phenoxy) is 2. The first-order valence-electron chi connectivity index (χ1n) is 31.1. The fourth-order valence-corrected chi connectivity index (χ4v) is 9.68. The van der Waals surface area contributed by atoms with Crippen LogP contribution in [0.15, 0.2) is 17.5 Å². The number of aliphatic imine (C=N–C) groups is 1. The number of unbranched alkanes of at least 4 members (excludes halogenated alkanes) is 25. The molecule has 1 unspecified atom stereocenters. The van der Waals surface area contributed by atoms with Crippen LogP contribution in [0.2, 0.25) is 0 Å². The van der Waals surface area contributed by atoms with E-state index in [-0.39, 0.29) is 36.3 Å². The average molecular weight is 1070 g/mol. The van der Waals surface area contributed by atoms with E-state index < -0.39 is 24.1 Å². The summed E-state index contributed by atoms with van der Waals surface area (Å²) >= 11 is 0. The number of esters is 2. The van der Waals surface area contributed by atoms with Crippen LogP contribution in [-0.2, 0) is 35.1 Å². The zero-order chi connectivity index (χ0) is 55.5. The lowest BCUT2D eigenvalue weighted by atomic mass is 10.0. The lowest BCUT2D eigenvalue weighted by Gasteiger charge is -2.25. The van der Waals surface area contributed by atoms with Crippen molar-refractivity contribution < 1.29 is 33.8 Å². The molecule has 3 atom stereocenters. The van der Waals surface area contributed by atoms with Gasteiger partial charge in [0.05, 0.1) is 25.1 Å². The van der Waals surface area contributed by atoms with Crippen LogP contribution >= 0.6 is 0 Å². The first-order chi connectivity index (χ1) is 37.0. The molecule has 0 saturated heterocycles. The monoisotopic (exact) mass is 1070 g/mol. The molecule has 0 spiro atoms. The average Bonchev–Trinajstić information content (AvgIpc) is 3.92. The minimum absolute atomic E-state index is 0.0191. The van der Waals surface area contributed by atoms with Crippen molar-refractivity contribution in [3.8, 4) is 0 Å². The molecule has 2 amide bonds. The molecule has 0 aliphatic heterocycles. The van der Waals surface area contributed by atoms with E-state index in [4.69, 9.17) is 26.7 Å². The van der Waals surface area contributed by atoms with E-state index >= 15 is 0 Å². The van der Waals surface area contributed by atoms with Crippen molar-refractivity contribution in [1.82, 2.24) is 25.5 Å². The predicted octanol–water partition coefficient (Wildman–Crippen LogP) is 11.2. The molecule has 10 N–H and O–H groups in total. The number of imidazole rings is 1. The number of aromatic nitrogens is 2. The van der Waals surface area contributed by atoms with E-state index in [9.17, 15) is 24.3 Å². The van der Waals surface area contributed by atoms with Crippen molar-refractivity contribution in [1.29, 1.82) is 0 Å². The van der Waals surface area contributed by atoms with Crippen molar-refractivity contribution >= 4 is 29.7 Å². The first-order valence-corrected chi connectivity index (χ1v) is 31.1. The Morgan fingerprint density at radius 2 is 1.14 bits per heavy atom. The molecule has 0 aliphatic rings. The molecule has 16 nitrogen and oxygen atoms in total. The molecule has 76 heavy (non-hydrogen) atoms. The number of nitrogens with two attached hydrogens (primary N) is 3. The molecule has 1 aromatic rings. The van der Waals surface area contributed by atoms with E-state index in [1.807, 2.05) is 0 Å². The number of nitrogens with one attached hydrogen (secondary N) is 3. The topological polar surface area (TPSA) is 253 Å². The molecule has 0 aromatic carbocycles. The fraction of sp³-hybridized carbons (Fsp3) is 0.867. The molecule has 0 saturated carbocycles. The number of aliphatic hydroxyl groups excluding tert-OH is 1. The van der Waals surface area contributed by atoms with Gasteiger partial charge in [0.25, 0.3) is 0 Å². The molecular formula is C60H115N9O7. The number of nitrogens with zero attached hydrogens (tertiary/aromatic N) is 3. The van der Waals surface area contributed by atoms with E-state index in [1.165, 1.54) is 115 Å². The van der Waals surface area contributed by atoms with Gasteiger partial charge in [0.2, 0.25) is 11.8 Å². The third-order valence-electron chi connectivity index (χ3n) is 14.4. The van der Waals surface area contributed by atoms with Crippen molar-refractivity contribution in [3.05, 3.63) is 18.2 Å². The number of carbonyl (C=O) groups is 4. The number of hydrogen-bond donors (Lipinski definition) is 7. The summed E-state index contributed by atoms with van der Waals surface area (Å²) in [4.78, 5) is 65.1. The Labute approximate surface area is 462 Å². The summed E-state index contributed by atoms with van der Waals surface area (Å²) in [6, 6.07) is -1.67. The Kier molecular flexibility index (Phi) is 46.9. The minimum atomic E-state index is -0.848. The van der Waals surface area contributed by atoms with Crippen LogP contribution in [0, 0.1) is 0 Å². The maximum atomic E-state index is 13.3. The van der Waals surface area contributed by atoms with Gasteiger partial charge in [-0.3, -0.25) is 24.2 Å². The molecule has 1 rings (SSSR count). The largest absolute Gasteiger partial charge is 0.466 e. The number of hydrogen-bond acceptors (Lipinski definition) is 11. The van der Waals surface area contributed by atoms with Gasteiger partial charge >= 0.3 is 11.9 Å². The van der Waals surface area contributed by atoms with Gasteiger partial charge in [0, 0.05) is 50.8 Å². The van der Waals surface area contributed by atoms with Crippen LogP contribution in [0.4, 0.5) is 0 Å². The summed E-state index contributed by atoms with van der Waals surface area (Å²) < 4.78 is 11.6. The Balaban J connectivity index is 2.62. The molecule has 0 fully saturated rings. The standard InChI is InChI=1S/C60H115N9O7/c1-4-7-10-13-16-17-18-24-34-46-75-56(71)40-29-25-33-45-69(44-32-23-19-22-28-41-57(72)76-53(37-26-20-14-11-8-5-2)38-27-21-15-12-9-6-3)49-52(70)36-30-31-42-65-59(74)55(47-51-48-64-50-67-51)68-58(73)54(61)39-35-43-66-60(62)63/h48,50,52-55,70H,4-47,49,61H2,1-3H3,(H,64,67)(H,65,74)(H,68,73)(H4,62,63,66)/t52?,54-,55-/m0/s1. The third kappa shape index (κ3) is 43.2. The SMILES string of the molecule is CCCCCCCCCCCOC(=O)CCCCCN(CCCCCCCC(=O)OC(CCCCCCCC)CCCCCCCC)CC(O)CCCCNC(=O)[C@H](Cc1cnc[nH]1)NC(=O)[C@@H](N)CCCN=C(N)N. The zero-order valence-electron chi connectivity index (χ0n) is 48.8. The Hall–Kier alpha value is -3.76. The highest BCUT2D eigenvalue weighted by Gasteiger charge is 2.25. The quantitative estimate of drug-likeness (QED) is 0.0139. The van der Waals surface area contributed by atoms with Gasteiger partial charge in [-0.2, -0.15) is 0 Å². The fourth-order valence-electron chi connectivity index (χ4n) is 9.68.